The Hall–Kier alpha value is -1.44. The largest absolute Gasteiger partial charge is 0.465 e. The van der Waals surface area contributed by atoms with Crippen molar-refractivity contribution in [2.45, 2.75) is 30.7 Å². The van der Waals surface area contributed by atoms with Crippen LogP contribution in [0, 0.1) is 6.92 Å². The Morgan fingerprint density at radius 3 is 2.73 bits per heavy atom. The predicted molar refractivity (Wildman–Crippen MR) is 83.4 cm³/mol. The maximum absolute atomic E-state index is 12.8. The Labute approximate surface area is 131 Å². The average molecular weight is 326 g/mol. The molecule has 22 heavy (non-hydrogen) atoms. The fourth-order valence-electron chi connectivity index (χ4n) is 2.72. The van der Waals surface area contributed by atoms with Crippen molar-refractivity contribution in [3.63, 3.8) is 0 Å². The molecule has 1 fully saturated rings. The van der Waals surface area contributed by atoms with E-state index in [-0.39, 0.29) is 10.9 Å². The van der Waals surface area contributed by atoms with E-state index in [0.717, 1.165) is 12.8 Å². The van der Waals surface area contributed by atoms with Gasteiger partial charge >= 0.3 is 5.97 Å². The van der Waals surface area contributed by atoms with Crippen molar-refractivity contribution in [3.8, 4) is 0 Å². The lowest BCUT2D eigenvalue weighted by molar-refractivity contribution is 0.0600. The molecule has 0 saturated carbocycles. The highest BCUT2D eigenvalue weighted by molar-refractivity contribution is 7.89. The molecule has 122 valence electrons. The summed E-state index contributed by atoms with van der Waals surface area (Å²) in [6.07, 6.45) is 1.81. The van der Waals surface area contributed by atoms with Crippen LogP contribution in [0.3, 0.4) is 0 Å². The van der Waals surface area contributed by atoms with Gasteiger partial charge in [0.25, 0.3) is 0 Å². The van der Waals surface area contributed by atoms with E-state index < -0.39 is 16.0 Å². The number of likely N-dealkylation sites (N-methyl/N-ethyl adjacent to an activating group) is 1. The van der Waals surface area contributed by atoms with Crippen LogP contribution in [0.15, 0.2) is 23.1 Å². The van der Waals surface area contributed by atoms with Gasteiger partial charge in [-0.1, -0.05) is 0 Å². The standard InChI is InChI=1S/C15H22N2O4S/c1-11-9-12(15(18)21-3)6-7-14(11)22(19,20)17-8-4-5-13(10-17)16-2/h6-7,9,13,16H,4-5,8,10H2,1-3H3. The fourth-order valence-corrected chi connectivity index (χ4v) is 4.45. The number of hydrogen-bond donors (Lipinski definition) is 1. The van der Waals surface area contributed by atoms with Crippen LogP contribution in [0.1, 0.15) is 28.8 Å². The summed E-state index contributed by atoms with van der Waals surface area (Å²) in [7, 11) is -0.400. The van der Waals surface area contributed by atoms with Crippen LogP contribution in [0.5, 0.6) is 0 Å². The molecule has 1 aromatic rings. The lowest BCUT2D eigenvalue weighted by Crippen LogP contribution is -2.46. The van der Waals surface area contributed by atoms with E-state index in [4.69, 9.17) is 0 Å². The molecule has 1 aliphatic rings. The van der Waals surface area contributed by atoms with Crippen molar-refractivity contribution in [3.05, 3.63) is 29.3 Å². The first-order valence-corrected chi connectivity index (χ1v) is 8.70. The third kappa shape index (κ3) is 3.31. The molecule has 0 aromatic heterocycles. The molecule has 2 rings (SSSR count). The highest BCUT2D eigenvalue weighted by Gasteiger charge is 2.30. The number of esters is 1. The topological polar surface area (TPSA) is 75.7 Å². The number of nitrogens with one attached hydrogen (secondary N) is 1. The minimum atomic E-state index is -3.54. The number of benzene rings is 1. The van der Waals surface area contributed by atoms with Crippen LogP contribution >= 0.6 is 0 Å². The quantitative estimate of drug-likeness (QED) is 0.840. The first-order chi connectivity index (χ1) is 10.4. The van der Waals surface area contributed by atoms with Gasteiger partial charge in [-0.3, -0.25) is 0 Å². The molecule has 7 heteroatoms. The third-order valence-electron chi connectivity index (χ3n) is 4.01. The maximum atomic E-state index is 12.8. The first kappa shape index (κ1) is 16.9. The molecule has 1 saturated heterocycles. The number of methoxy groups -OCH3 is 1. The molecule has 1 unspecified atom stereocenters. The first-order valence-electron chi connectivity index (χ1n) is 7.26. The highest BCUT2D eigenvalue weighted by atomic mass is 32.2. The van der Waals surface area contributed by atoms with Gasteiger partial charge in [0.2, 0.25) is 10.0 Å². The maximum Gasteiger partial charge on any atom is 0.337 e. The van der Waals surface area contributed by atoms with Crippen molar-refractivity contribution in [1.29, 1.82) is 0 Å². The number of nitrogens with zero attached hydrogens (tertiary/aromatic N) is 1. The van der Waals surface area contributed by atoms with Gasteiger partial charge in [0.15, 0.2) is 0 Å². The second-order valence-electron chi connectivity index (χ2n) is 5.46. The number of carbonyl (C=O) groups is 1. The van der Waals surface area contributed by atoms with E-state index in [2.05, 4.69) is 10.1 Å². The van der Waals surface area contributed by atoms with Crippen LogP contribution in [0.2, 0.25) is 0 Å². The Morgan fingerprint density at radius 2 is 2.14 bits per heavy atom. The van der Waals surface area contributed by atoms with Gasteiger partial charge < -0.3 is 10.1 Å². The summed E-state index contributed by atoms with van der Waals surface area (Å²) >= 11 is 0. The van der Waals surface area contributed by atoms with Gasteiger partial charge in [-0.05, 0) is 50.6 Å². The lowest BCUT2D eigenvalue weighted by Gasteiger charge is -2.32. The highest BCUT2D eigenvalue weighted by Crippen LogP contribution is 2.24. The molecule has 1 N–H and O–H groups in total. The molecular formula is C15H22N2O4S. The number of hydrogen-bond acceptors (Lipinski definition) is 5. The average Bonchev–Trinajstić information content (AvgIpc) is 2.53. The van der Waals surface area contributed by atoms with Crippen LogP contribution in [-0.2, 0) is 14.8 Å². The van der Waals surface area contributed by atoms with E-state index in [9.17, 15) is 13.2 Å². The lowest BCUT2D eigenvalue weighted by atomic mass is 10.1. The van der Waals surface area contributed by atoms with Gasteiger partial charge in [-0.25, -0.2) is 13.2 Å². The summed E-state index contributed by atoms with van der Waals surface area (Å²) in [5, 5.41) is 3.14. The SMILES string of the molecule is CNC1CCCN(S(=O)(=O)c2ccc(C(=O)OC)cc2C)C1. The zero-order valence-corrected chi connectivity index (χ0v) is 13.9. The van der Waals surface area contributed by atoms with Gasteiger partial charge in [0.05, 0.1) is 17.6 Å². The van der Waals surface area contributed by atoms with E-state index in [0.29, 0.717) is 24.2 Å². The van der Waals surface area contributed by atoms with Gasteiger partial charge in [0.1, 0.15) is 0 Å². The van der Waals surface area contributed by atoms with Gasteiger partial charge in [-0.15, -0.1) is 0 Å². The number of carbonyl (C=O) groups excluding carboxylic acids is 1. The molecule has 1 aliphatic heterocycles. The minimum absolute atomic E-state index is 0.179. The molecule has 0 bridgehead atoms. The van der Waals surface area contributed by atoms with Crippen LogP contribution in [0.25, 0.3) is 0 Å². The summed E-state index contributed by atoms with van der Waals surface area (Å²) in [5.74, 6) is -0.472. The molecule has 0 aliphatic carbocycles. The third-order valence-corrected chi connectivity index (χ3v) is 6.03. The zero-order valence-electron chi connectivity index (χ0n) is 13.1. The molecular weight excluding hydrogens is 304 g/mol. The van der Waals surface area contributed by atoms with Crippen molar-refractivity contribution in [1.82, 2.24) is 9.62 Å². The number of ether oxygens (including phenoxy) is 1. The van der Waals surface area contributed by atoms with Crippen LogP contribution < -0.4 is 5.32 Å². The molecule has 1 atom stereocenters. The monoisotopic (exact) mass is 326 g/mol. The van der Waals surface area contributed by atoms with Crippen molar-refractivity contribution in [2.24, 2.45) is 0 Å². The Balaban J connectivity index is 2.31. The van der Waals surface area contributed by atoms with Crippen LogP contribution in [-0.4, -0.2) is 52.0 Å². The molecule has 0 amide bonds. The minimum Gasteiger partial charge on any atom is -0.465 e. The van der Waals surface area contributed by atoms with Crippen molar-refractivity contribution >= 4 is 16.0 Å². The summed E-state index contributed by atoms with van der Waals surface area (Å²) < 4.78 is 31.8. The number of sulfonamides is 1. The molecule has 1 heterocycles. The van der Waals surface area contributed by atoms with Crippen LogP contribution in [0.4, 0.5) is 0 Å². The summed E-state index contributed by atoms with van der Waals surface area (Å²) in [5.41, 5.74) is 0.903. The van der Waals surface area contributed by atoms with Crippen molar-refractivity contribution in [2.75, 3.05) is 27.2 Å². The Kier molecular flexibility index (Phi) is 5.20. The zero-order chi connectivity index (χ0) is 16.3. The van der Waals surface area contributed by atoms with E-state index in [1.54, 1.807) is 13.0 Å². The van der Waals surface area contributed by atoms with Crippen molar-refractivity contribution < 1.29 is 17.9 Å². The number of aryl methyl sites for hydroxylation is 1. The predicted octanol–water partition coefficient (Wildman–Crippen LogP) is 1.15. The summed E-state index contributed by atoms with van der Waals surface area (Å²) in [6, 6.07) is 4.71. The molecule has 0 radical (unpaired) electrons. The Morgan fingerprint density at radius 1 is 1.41 bits per heavy atom. The summed E-state index contributed by atoms with van der Waals surface area (Å²) in [6.45, 7) is 2.69. The molecule has 0 spiro atoms. The molecule has 6 nitrogen and oxygen atoms in total. The van der Waals surface area contributed by atoms with Gasteiger partial charge in [0, 0.05) is 19.1 Å². The molecule has 1 aromatic carbocycles. The number of piperidine rings is 1. The second kappa shape index (κ2) is 6.76. The number of rotatable bonds is 4. The normalized spacial score (nSPS) is 19.9. The second-order valence-corrected chi connectivity index (χ2v) is 7.37. The Bertz CT molecular complexity index is 658. The smallest absolute Gasteiger partial charge is 0.337 e. The van der Waals surface area contributed by atoms with E-state index >= 15 is 0 Å². The van der Waals surface area contributed by atoms with Gasteiger partial charge in [-0.2, -0.15) is 4.31 Å². The van der Waals surface area contributed by atoms with E-state index in [1.165, 1.54) is 23.5 Å². The van der Waals surface area contributed by atoms with E-state index in [1.807, 2.05) is 7.05 Å². The summed E-state index contributed by atoms with van der Waals surface area (Å²) in [4.78, 5) is 11.8. The fraction of sp³-hybridized carbons (Fsp3) is 0.533.